The topological polar surface area (TPSA) is 115 Å². The molecule has 0 aliphatic heterocycles. The van der Waals surface area contributed by atoms with Crippen LogP contribution in [0.2, 0.25) is 0 Å². The normalized spacial score (nSPS) is 14.5. The second-order valence-electron chi connectivity index (χ2n) is 8.71. The number of ether oxygens (including phenoxy) is 2. The number of H-pyrrole nitrogens is 1. The van der Waals surface area contributed by atoms with Gasteiger partial charge in [0.05, 0.1) is 25.5 Å². The highest BCUT2D eigenvalue weighted by molar-refractivity contribution is 7.99. The Morgan fingerprint density at radius 2 is 1.92 bits per heavy atom. The van der Waals surface area contributed by atoms with Crippen LogP contribution in [0.3, 0.4) is 0 Å². The van der Waals surface area contributed by atoms with E-state index in [0.717, 1.165) is 41.5 Å². The lowest BCUT2D eigenvalue weighted by Crippen LogP contribution is -2.36. The van der Waals surface area contributed by atoms with Crippen LogP contribution in [0.1, 0.15) is 38.7 Å². The molecule has 0 bridgehead atoms. The molecule has 5 rings (SSSR count). The first kappa shape index (κ1) is 25.8. The number of anilines is 1. The number of carbonyl (C=O) groups excluding carboxylic acids is 2. The quantitative estimate of drug-likeness (QED) is 0.192. The highest BCUT2D eigenvalue weighted by Crippen LogP contribution is 2.42. The fourth-order valence-electron chi connectivity index (χ4n) is 4.59. The summed E-state index contributed by atoms with van der Waals surface area (Å²) in [6.45, 7) is 0. The highest BCUT2D eigenvalue weighted by atomic mass is 32.2. The minimum atomic E-state index is -0.590. The number of nitrogens with zero attached hydrogens (tertiary/aromatic N) is 1. The number of thioether (sulfide) groups is 1. The molecule has 1 atom stereocenters. The Hall–Kier alpha value is -3.83. The van der Waals surface area contributed by atoms with Crippen LogP contribution < -0.4 is 20.4 Å². The van der Waals surface area contributed by atoms with E-state index in [4.69, 9.17) is 14.0 Å². The highest BCUT2D eigenvalue weighted by Gasteiger charge is 2.31. The summed E-state index contributed by atoms with van der Waals surface area (Å²) in [7, 11) is 2.91. The number of benzene rings is 2. The molecule has 0 radical (unpaired) electrons. The van der Waals surface area contributed by atoms with E-state index in [1.54, 1.807) is 31.4 Å². The molecule has 2 heterocycles. The molecular weight excluding hydrogens is 526 g/mol. The first-order chi connectivity index (χ1) is 18.5. The van der Waals surface area contributed by atoms with Gasteiger partial charge in [-0.05, 0) is 70.2 Å². The van der Waals surface area contributed by atoms with Crippen LogP contribution in [-0.2, 0) is 22.4 Å². The van der Waals surface area contributed by atoms with Crippen molar-refractivity contribution in [3.05, 3.63) is 86.6 Å². The number of esters is 1. The number of carbonyl (C=O) groups is 2. The smallest absolute Gasteiger partial charge is 0.442 e. The molecule has 1 aliphatic rings. The molecule has 196 valence electrons. The van der Waals surface area contributed by atoms with Crippen molar-refractivity contribution in [2.45, 2.75) is 30.2 Å². The number of nitrogens with one attached hydrogen (secondary N) is 2. The van der Waals surface area contributed by atoms with Gasteiger partial charge in [-0.3, -0.25) is 9.32 Å². The molecule has 1 aliphatic carbocycles. The first-order valence-electron chi connectivity index (χ1n) is 12.0. The van der Waals surface area contributed by atoms with Gasteiger partial charge in [0.2, 0.25) is 11.6 Å². The summed E-state index contributed by atoms with van der Waals surface area (Å²) >= 11 is 2.45. The fourth-order valence-corrected chi connectivity index (χ4v) is 6.69. The minimum absolute atomic E-state index is 0.0609. The van der Waals surface area contributed by atoms with Gasteiger partial charge >= 0.3 is 16.6 Å². The summed E-state index contributed by atoms with van der Waals surface area (Å²) in [5.74, 6) is 0.152. The first-order valence-corrected chi connectivity index (χ1v) is 13.8. The van der Waals surface area contributed by atoms with E-state index >= 15 is 0 Å². The van der Waals surface area contributed by atoms with Crippen LogP contribution in [0, 0.1) is 0 Å². The molecular formula is C27H26N3O6S2+. The van der Waals surface area contributed by atoms with Crippen molar-refractivity contribution in [3.8, 4) is 11.4 Å². The van der Waals surface area contributed by atoms with Gasteiger partial charge in [0, 0.05) is 17.0 Å². The predicted molar refractivity (Wildman–Crippen MR) is 144 cm³/mol. The van der Waals surface area contributed by atoms with Crippen LogP contribution in [0.15, 0.2) is 68.9 Å². The average Bonchev–Trinajstić information content (AvgIpc) is 3.50. The van der Waals surface area contributed by atoms with Crippen LogP contribution in [0.5, 0.6) is 5.75 Å². The third-order valence-electron chi connectivity index (χ3n) is 6.46. The molecule has 2 N–H and O–H groups in total. The van der Waals surface area contributed by atoms with Gasteiger partial charge in [-0.1, -0.05) is 30.3 Å². The number of methoxy groups -OCH3 is 2. The Bertz CT molecular complexity index is 1510. The number of hydrogen-bond acceptors (Lipinski definition) is 8. The largest absolute Gasteiger partial charge is 0.497 e. The van der Waals surface area contributed by atoms with E-state index in [9.17, 15) is 14.4 Å². The monoisotopic (exact) mass is 552 g/mol. The third-order valence-corrected chi connectivity index (χ3v) is 8.66. The van der Waals surface area contributed by atoms with Gasteiger partial charge in [-0.25, -0.2) is 9.59 Å². The molecule has 4 aromatic rings. The van der Waals surface area contributed by atoms with Crippen LogP contribution in [0.4, 0.5) is 5.00 Å². The van der Waals surface area contributed by atoms with Gasteiger partial charge in [-0.2, -0.15) is 0 Å². The van der Waals surface area contributed by atoms with Gasteiger partial charge < -0.3 is 14.8 Å². The standard InChI is InChI=1S/C27H25N3O6S2/c1-34-19-11-9-18(10-12-19)30-25(27(33)36-29-30)37-15-22(31)28-24-23(26(32)35-2)20-13-8-17(14-21(20)38-24)16-6-4-3-5-7-16/h3-7,9-12,17H,8,13-15H2,1-2H3,(H-,28,29,31,32,33)/p+1. The molecule has 0 spiro atoms. The molecule has 0 saturated heterocycles. The predicted octanol–water partition coefficient (Wildman–Crippen LogP) is 4.10. The molecule has 38 heavy (non-hydrogen) atoms. The summed E-state index contributed by atoms with van der Waals surface area (Å²) in [6.07, 6.45) is 2.44. The van der Waals surface area contributed by atoms with Gasteiger partial charge in [0.25, 0.3) is 0 Å². The molecule has 2 aromatic heterocycles. The summed E-state index contributed by atoms with van der Waals surface area (Å²) in [6, 6.07) is 17.3. The lowest BCUT2D eigenvalue weighted by Gasteiger charge is -2.22. The zero-order valence-corrected chi connectivity index (χ0v) is 22.4. The molecule has 1 amide bonds. The second kappa shape index (κ2) is 11.3. The Labute approximate surface area is 226 Å². The average molecular weight is 553 g/mol. The number of thiophene rings is 1. The summed E-state index contributed by atoms with van der Waals surface area (Å²) in [5.41, 5.74) is 2.69. The van der Waals surface area contributed by atoms with Gasteiger partial charge in [0.15, 0.2) is 0 Å². The van der Waals surface area contributed by atoms with Gasteiger partial charge in [-0.15, -0.1) is 11.3 Å². The summed E-state index contributed by atoms with van der Waals surface area (Å²) in [5, 5.41) is 6.14. The molecule has 11 heteroatoms. The zero-order valence-electron chi connectivity index (χ0n) is 20.8. The van der Waals surface area contributed by atoms with Crippen LogP contribution >= 0.6 is 23.1 Å². The Morgan fingerprint density at radius 3 is 2.63 bits per heavy atom. The number of hydrogen-bond donors (Lipinski definition) is 2. The van der Waals surface area contributed by atoms with Crippen molar-refractivity contribution >= 4 is 40.0 Å². The van der Waals surface area contributed by atoms with Crippen molar-refractivity contribution in [3.63, 3.8) is 0 Å². The van der Waals surface area contributed by atoms with E-state index in [0.29, 0.717) is 27.9 Å². The van der Waals surface area contributed by atoms with E-state index < -0.39 is 11.6 Å². The summed E-state index contributed by atoms with van der Waals surface area (Å²) in [4.78, 5) is 39.1. The second-order valence-corrected chi connectivity index (χ2v) is 10.8. The molecule has 9 nitrogen and oxygen atoms in total. The number of aromatic amines is 1. The van der Waals surface area contributed by atoms with Crippen molar-refractivity contribution < 1.29 is 28.3 Å². The molecule has 1 unspecified atom stereocenters. The lowest BCUT2D eigenvalue weighted by molar-refractivity contribution is -0.704. The van der Waals surface area contributed by atoms with Crippen molar-refractivity contribution in [1.82, 2.24) is 5.27 Å². The number of fused-ring (bicyclic) bond motifs is 1. The molecule has 0 saturated carbocycles. The Kier molecular flexibility index (Phi) is 7.66. The van der Waals surface area contributed by atoms with E-state index in [-0.39, 0.29) is 16.7 Å². The van der Waals surface area contributed by atoms with Gasteiger partial charge in [0.1, 0.15) is 10.8 Å². The maximum Gasteiger partial charge on any atom is 0.442 e. The summed E-state index contributed by atoms with van der Waals surface area (Å²) < 4.78 is 16.7. The molecule has 0 fully saturated rings. The zero-order chi connectivity index (χ0) is 26.6. The van der Waals surface area contributed by atoms with Crippen LogP contribution in [-0.4, -0.2) is 37.1 Å². The number of rotatable bonds is 8. The van der Waals surface area contributed by atoms with E-state index in [1.165, 1.54) is 28.7 Å². The number of aromatic nitrogens is 2. The fraction of sp³-hybridized carbons (Fsp3) is 0.259. The maximum atomic E-state index is 13.0. The van der Waals surface area contributed by atoms with E-state index in [1.807, 2.05) is 18.2 Å². The van der Waals surface area contributed by atoms with Crippen molar-refractivity contribution in [2.24, 2.45) is 0 Å². The lowest BCUT2D eigenvalue weighted by atomic mass is 9.83. The molecule has 2 aromatic carbocycles. The number of amides is 1. The Balaban J connectivity index is 1.32. The van der Waals surface area contributed by atoms with Crippen LogP contribution in [0.25, 0.3) is 5.69 Å². The Morgan fingerprint density at radius 1 is 1.16 bits per heavy atom. The van der Waals surface area contributed by atoms with Crippen molar-refractivity contribution in [2.75, 3.05) is 25.3 Å². The maximum absolute atomic E-state index is 13.0. The SMILES string of the molecule is COC(=O)c1c(NC(=O)CSc2c(=O)o[nH][n+]2-c2ccc(OC)cc2)sc2c1CCC(c1ccccc1)C2. The van der Waals surface area contributed by atoms with Crippen molar-refractivity contribution in [1.29, 1.82) is 0 Å². The third kappa shape index (κ3) is 5.25. The minimum Gasteiger partial charge on any atom is -0.497 e. The van der Waals surface area contributed by atoms with E-state index in [2.05, 4.69) is 22.7 Å².